The van der Waals surface area contributed by atoms with Gasteiger partial charge in [0, 0.05) is 21.1 Å². The highest BCUT2D eigenvalue weighted by Gasteiger charge is 2.18. The van der Waals surface area contributed by atoms with E-state index in [0.29, 0.717) is 16.0 Å². The molecule has 0 bridgehead atoms. The average molecular weight is 391 g/mol. The molecule has 112 valence electrons. The van der Waals surface area contributed by atoms with Crippen LogP contribution in [0.2, 0.25) is 5.02 Å². The molecule has 0 aliphatic rings. The van der Waals surface area contributed by atoms with Gasteiger partial charge < -0.3 is 5.11 Å². The maximum Gasteiger partial charge on any atom is 0.313 e. The van der Waals surface area contributed by atoms with Crippen LogP contribution in [0, 0.1) is 0 Å². The maximum atomic E-state index is 10.7. The molecule has 21 heavy (non-hydrogen) atoms. The molecule has 0 aliphatic heterocycles. The lowest BCUT2D eigenvalue weighted by Crippen LogP contribution is -2.07. The number of benzene rings is 1. The molecule has 1 aromatic heterocycles. The molecule has 2 rings (SSSR count). The monoisotopic (exact) mass is 389 g/mol. The van der Waals surface area contributed by atoms with Crippen LogP contribution in [0.4, 0.5) is 0 Å². The number of hydrogen-bond acceptors (Lipinski definition) is 4. The fourth-order valence-electron chi connectivity index (χ4n) is 1.85. The molecule has 2 aromatic rings. The van der Waals surface area contributed by atoms with E-state index in [1.165, 1.54) is 0 Å². The van der Waals surface area contributed by atoms with Crippen LogP contribution < -0.4 is 0 Å². The summed E-state index contributed by atoms with van der Waals surface area (Å²) in [5.74, 6) is -0.268. The van der Waals surface area contributed by atoms with Crippen LogP contribution in [0.5, 0.6) is 0 Å². The zero-order chi connectivity index (χ0) is 15.6. The van der Waals surface area contributed by atoms with E-state index in [1.807, 2.05) is 24.5 Å². The normalized spacial score (nSPS) is 11.1. The van der Waals surface area contributed by atoms with Crippen molar-refractivity contribution in [3.63, 3.8) is 0 Å². The Morgan fingerprint density at radius 2 is 2.14 bits per heavy atom. The van der Waals surface area contributed by atoms with Crippen molar-refractivity contribution in [1.29, 1.82) is 0 Å². The van der Waals surface area contributed by atoms with Gasteiger partial charge in [-0.05, 0) is 32.0 Å². The zero-order valence-corrected chi connectivity index (χ0v) is 14.5. The second-order valence-electron chi connectivity index (χ2n) is 4.61. The Morgan fingerprint density at radius 3 is 2.71 bits per heavy atom. The lowest BCUT2D eigenvalue weighted by atomic mass is 10.2. The molecular weight excluding hydrogens is 378 g/mol. The van der Waals surface area contributed by atoms with Gasteiger partial charge in [-0.2, -0.15) is 0 Å². The predicted octanol–water partition coefficient (Wildman–Crippen LogP) is 4.12. The van der Waals surface area contributed by atoms with E-state index in [1.54, 1.807) is 12.1 Å². The summed E-state index contributed by atoms with van der Waals surface area (Å²) in [7, 11) is 0. The smallest absolute Gasteiger partial charge is 0.313 e. The Hall–Kier alpha value is -1.05. The van der Waals surface area contributed by atoms with Crippen molar-refractivity contribution in [3.8, 4) is 11.4 Å². The van der Waals surface area contributed by atoms with Crippen molar-refractivity contribution in [1.82, 2.24) is 14.8 Å². The third kappa shape index (κ3) is 3.99. The molecule has 0 saturated heterocycles. The lowest BCUT2D eigenvalue weighted by Gasteiger charge is -2.13. The van der Waals surface area contributed by atoms with E-state index in [2.05, 4.69) is 26.1 Å². The third-order valence-corrected chi connectivity index (χ3v) is 4.23. The summed E-state index contributed by atoms with van der Waals surface area (Å²) in [6.45, 7) is 3.99. The number of hydrogen-bond donors (Lipinski definition) is 1. The van der Waals surface area contributed by atoms with Gasteiger partial charge in [-0.1, -0.05) is 39.3 Å². The van der Waals surface area contributed by atoms with Gasteiger partial charge in [-0.25, -0.2) is 0 Å². The topological polar surface area (TPSA) is 68.0 Å². The van der Waals surface area contributed by atoms with Gasteiger partial charge in [-0.3, -0.25) is 9.36 Å². The Labute approximate surface area is 139 Å². The first kappa shape index (κ1) is 16.3. The molecule has 0 fully saturated rings. The number of aromatic nitrogens is 3. The molecule has 1 N–H and O–H groups in total. The number of carbonyl (C=O) groups is 1. The SMILES string of the molecule is CC(C)n1c(SCC(=O)O)nnc1-c1cc(Cl)cc(Br)c1. The van der Waals surface area contributed by atoms with Crippen LogP contribution in [0.3, 0.4) is 0 Å². The number of nitrogens with zero attached hydrogens (tertiary/aromatic N) is 3. The molecule has 0 radical (unpaired) electrons. The Balaban J connectivity index is 2.46. The number of rotatable bonds is 5. The van der Waals surface area contributed by atoms with Gasteiger partial charge in [0.05, 0.1) is 5.75 Å². The van der Waals surface area contributed by atoms with Crippen LogP contribution >= 0.6 is 39.3 Å². The molecule has 0 saturated carbocycles. The van der Waals surface area contributed by atoms with Crippen molar-refractivity contribution < 1.29 is 9.90 Å². The molecule has 8 heteroatoms. The highest BCUT2D eigenvalue weighted by Crippen LogP contribution is 2.31. The maximum absolute atomic E-state index is 10.7. The van der Waals surface area contributed by atoms with Gasteiger partial charge in [0.25, 0.3) is 0 Å². The van der Waals surface area contributed by atoms with Crippen LogP contribution in [0.15, 0.2) is 27.8 Å². The number of aliphatic carboxylic acids is 1. The van der Waals surface area contributed by atoms with Crippen LogP contribution in [0.25, 0.3) is 11.4 Å². The molecule has 0 atom stereocenters. The Bertz CT molecular complexity index is 655. The number of carboxylic acid groups (broad SMARTS) is 1. The average Bonchev–Trinajstić information content (AvgIpc) is 2.78. The number of thioether (sulfide) groups is 1. The van der Waals surface area contributed by atoms with Crippen molar-refractivity contribution in [2.24, 2.45) is 0 Å². The van der Waals surface area contributed by atoms with Gasteiger partial charge in [-0.15, -0.1) is 10.2 Å². The van der Waals surface area contributed by atoms with Gasteiger partial charge in [0.2, 0.25) is 0 Å². The molecule has 0 amide bonds. The third-order valence-electron chi connectivity index (χ3n) is 2.63. The molecule has 0 aliphatic carbocycles. The van der Waals surface area contributed by atoms with E-state index in [0.717, 1.165) is 21.8 Å². The first-order valence-electron chi connectivity index (χ1n) is 6.14. The first-order valence-corrected chi connectivity index (χ1v) is 8.30. The fraction of sp³-hybridized carbons (Fsp3) is 0.308. The lowest BCUT2D eigenvalue weighted by molar-refractivity contribution is -0.133. The van der Waals surface area contributed by atoms with E-state index in [9.17, 15) is 4.79 Å². The highest BCUT2D eigenvalue weighted by atomic mass is 79.9. The summed E-state index contributed by atoms with van der Waals surface area (Å²) in [6.07, 6.45) is 0. The molecule has 5 nitrogen and oxygen atoms in total. The molecule has 1 aromatic carbocycles. The number of carboxylic acids is 1. The standard InChI is InChI=1S/C13H13BrClN3O2S/c1-7(2)18-12(8-3-9(14)5-10(15)4-8)16-17-13(18)21-6-11(19)20/h3-5,7H,6H2,1-2H3,(H,19,20). The molecular formula is C13H13BrClN3O2S. The van der Waals surface area contributed by atoms with Gasteiger partial charge >= 0.3 is 5.97 Å². The van der Waals surface area contributed by atoms with Crippen LogP contribution in [-0.4, -0.2) is 31.6 Å². The van der Waals surface area contributed by atoms with Crippen molar-refractivity contribution in [2.75, 3.05) is 5.75 Å². The predicted molar refractivity (Wildman–Crippen MR) is 86.9 cm³/mol. The molecule has 1 heterocycles. The number of halogens is 2. The second kappa shape index (κ2) is 6.81. The second-order valence-corrected chi connectivity index (χ2v) is 6.91. The Kier molecular flexibility index (Phi) is 5.29. The van der Waals surface area contributed by atoms with Crippen LogP contribution in [-0.2, 0) is 4.79 Å². The van der Waals surface area contributed by atoms with Crippen LogP contribution in [0.1, 0.15) is 19.9 Å². The first-order chi connectivity index (χ1) is 9.88. The summed E-state index contributed by atoms with van der Waals surface area (Å²) >= 11 is 10.6. The fourth-order valence-corrected chi connectivity index (χ4v) is 3.49. The summed E-state index contributed by atoms with van der Waals surface area (Å²) in [5, 5.41) is 18.3. The minimum atomic E-state index is -0.884. The van der Waals surface area contributed by atoms with Crippen molar-refractivity contribution in [3.05, 3.63) is 27.7 Å². The van der Waals surface area contributed by atoms with E-state index < -0.39 is 5.97 Å². The molecule has 0 spiro atoms. The van der Waals surface area contributed by atoms with E-state index in [4.69, 9.17) is 16.7 Å². The van der Waals surface area contributed by atoms with Gasteiger partial charge in [0.15, 0.2) is 11.0 Å². The van der Waals surface area contributed by atoms with Crippen molar-refractivity contribution in [2.45, 2.75) is 25.0 Å². The quantitative estimate of drug-likeness (QED) is 0.778. The Morgan fingerprint density at radius 1 is 1.43 bits per heavy atom. The summed E-state index contributed by atoms with van der Waals surface area (Å²) in [4.78, 5) is 10.7. The minimum absolute atomic E-state index is 0.0515. The van der Waals surface area contributed by atoms with E-state index in [-0.39, 0.29) is 11.8 Å². The largest absolute Gasteiger partial charge is 0.481 e. The van der Waals surface area contributed by atoms with E-state index >= 15 is 0 Å². The van der Waals surface area contributed by atoms with Gasteiger partial charge in [0.1, 0.15) is 0 Å². The highest BCUT2D eigenvalue weighted by molar-refractivity contribution is 9.10. The summed E-state index contributed by atoms with van der Waals surface area (Å²) < 4.78 is 2.76. The molecule has 0 unspecified atom stereocenters. The summed E-state index contributed by atoms with van der Waals surface area (Å²) in [6, 6.07) is 5.60. The van der Waals surface area contributed by atoms with Crippen molar-refractivity contribution >= 4 is 45.3 Å². The zero-order valence-electron chi connectivity index (χ0n) is 11.4. The minimum Gasteiger partial charge on any atom is -0.481 e. The summed E-state index contributed by atoms with van der Waals surface area (Å²) in [5.41, 5.74) is 0.831.